The molecule has 1 aromatic heterocycles. The van der Waals surface area contributed by atoms with Crippen LogP contribution in [0.15, 0.2) is 6.20 Å². The minimum absolute atomic E-state index is 0.610. The summed E-state index contributed by atoms with van der Waals surface area (Å²) in [7, 11) is 0. The molecule has 2 rings (SSSR count). The van der Waals surface area contributed by atoms with Crippen LogP contribution in [0.4, 0.5) is 0 Å². The van der Waals surface area contributed by atoms with Crippen molar-refractivity contribution < 1.29 is 0 Å². The van der Waals surface area contributed by atoms with Gasteiger partial charge in [-0.3, -0.25) is 0 Å². The van der Waals surface area contributed by atoms with Gasteiger partial charge in [0.05, 0.1) is 11.9 Å². The van der Waals surface area contributed by atoms with E-state index in [1.54, 1.807) is 0 Å². The van der Waals surface area contributed by atoms with Crippen LogP contribution < -0.4 is 0 Å². The molecule has 3 nitrogen and oxygen atoms in total. The summed E-state index contributed by atoms with van der Waals surface area (Å²) in [6, 6.07) is 0. The van der Waals surface area contributed by atoms with Gasteiger partial charge >= 0.3 is 0 Å². The highest BCUT2D eigenvalue weighted by Crippen LogP contribution is 2.36. The van der Waals surface area contributed by atoms with Crippen LogP contribution in [-0.2, 0) is 6.54 Å². The molecule has 1 aliphatic carbocycles. The Hall–Kier alpha value is -0.380. The highest BCUT2D eigenvalue weighted by atomic mass is 79.9. The van der Waals surface area contributed by atoms with Crippen LogP contribution >= 0.6 is 15.9 Å². The summed E-state index contributed by atoms with van der Waals surface area (Å²) in [4.78, 5) is 0.611. The summed E-state index contributed by atoms with van der Waals surface area (Å²) in [5, 5.41) is 8.08. The highest BCUT2D eigenvalue weighted by Gasteiger charge is 2.26. The maximum atomic E-state index is 4.09. The number of alkyl halides is 1. The van der Waals surface area contributed by atoms with E-state index in [0.29, 0.717) is 10.7 Å². The molecule has 0 amide bonds. The fourth-order valence-corrected chi connectivity index (χ4v) is 3.08. The van der Waals surface area contributed by atoms with Gasteiger partial charge in [-0.2, -0.15) is 0 Å². The lowest BCUT2D eigenvalue weighted by Gasteiger charge is -2.27. The summed E-state index contributed by atoms with van der Waals surface area (Å²) >= 11 is 3.77. The molecule has 0 aromatic carbocycles. The number of halogens is 1. The molecule has 0 saturated heterocycles. The average Bonchev–Trinajstić information content (AvgIpc) is 2.66. The van der Waals surface area contributed by atoms with Crippen molar-refractivity contribution in [2.45, 2.75) is 49.9 Å². The van der Waals surface area contributed by atoms with Crippen LogP contribution in [0.25, 0.3) is 0 Å². The zero-order valence-corrected chi connectivity index (χ0v) is 10.1. The molecule has 0 aliphatic heterocycles. The lowest BCUT2D eigenvalue weighted by atomic mass is 9.87. The van der Waals surface area contributed by atoms with Crippen LogP contribution in [0.3, 0.4) is 0 Å². The van der Waals surface area contributed by atoms with Crippen LogP contribution in [0.2, 0.25) is 0 Å². The van der Waals surface area contributed by atoms with Gasteiger partial charge in [-0.1, -0.05) is 34.0 Å². The molecule has 2 unspecified atom stereocenters. The quantitative estimate of drug-likeness (QED) is 0.763. The Balaban J connectivity index is 2.20. The first kappa shape index (κ1) is 10.1. The molecular formula is C10H16BrN3. The zero-order chi connectivity index (χ0) is 9.97. The monoisotopic (exact) mass is 257 g/mol. The Morgan fingerprint density at radius 3 is 3.00 bits per heavy atom. The predicted molar refractivity (Wildman–Crippen MR) is 59.6 cm³/mol. The molecule has 1 heterocycles. The number of nitrogens with zero attached hydrogens (tertiary/aromatic N) is 3. The van der Waals surface area contributed by atoms with E-state index >= 15 is 0 Å². The van der Waals surface area contributed by atoms with E-state index < -0.39 is 0 Å². The van der Waals surface area contributed by atoms with Crippen molar-refractivity contribution in [3.63, 3.8) is 0 Å². The van der Waals surface area contributed by atoms with Gasteiger partial charge in [-0.05, 0) is 19.8 Å². The zero-order valence-electron chi connectivity index (χ0n) is 8.49. The van der Waals surface area contributed by atoms with Crippen molar-refractivity contribution >= 4 is 15.9 Å². The maximum Gasteiger partial charge on any atom is 0.0728 e. The smallest absolute Gasteiger partial charge is 0.0728 e. The van der Waals surface area contributed by atoms with Gasteiger partial charge in [-0.15, -0.1) is 5.10 Å². The molecule has 4 heteroatoms. The molecule has 0 radical (unpaired) electrons. The number of aryl methyl sites for hydroxylation is 1. The molecule has 0 N–H and O–H groups in total. The Morgan fingerprint density at radius 1 is 1.50 bits per heavy atom. The summed E-state index contributed by atoms with van der Waals surface area (Å²) in [5.74, 6) is 0.610. The molecule has 78 valence electrons. The third kappa shape index (κ3) is 1.85. The van der Waals surface area contributed by atoms with E-state index in [1.807, 2.05) is 10.9 Å². The van der Waals surface area contributed by atoms with Crippen molar-refractivity contribution in [3.05, 3.63) is 11.9 Å². The average molecular weight is 258 g/mol. The molecule has 14 heavy (non-hydrogen) atoms. The van der Waals surface area contributed by atoms with E-state index in [1.165, 1.54) is 31.4 Å². The number of rotatable bonds is 2. The number of hydrogen-bond acceptors (Lipinski definition) is 2. The first-order chi connectivity index (χ1) is 6.83. The molecule has 1 aliphatic rings. The van der Waals surface area contributed by atoms with Crippen LogP contribution in [0.5, 0.6) is 0 Å². The van der Waals surface area contributed by atoms with Crippen LogP contribution in [-0.4, -0.2) is 19.8 Å². The van der Waals surface area contributed by atoms with E-state index in [-0.39, 0.29) is 0 Å². The largest absolute Gasteiger partial charge is 0.249 e. The lowest BCUT2D eigenvalue weighted by Crippen LogP contribution is -2.20. The third-order valence-electron chi connectivity index (χ3n) is 3.01. The fourth-order valence-electron chi connectivity index (χ4n) is 2.22. The fraction of sp³-hybridized carbons (Fsp3) is 0.800. The van der Waals surface area contributed by atoms with Crippen molar-refractivity contribution in [3.8, 4) is 0 Å². The second-order valence-corrected chi connectivity index (χ2v) is 5.06. The summed E-state index contributed by atoms with van der Waals surface area (Å²) < 4.78 is 2.02. The Kier molecular flexibility index (Phi) is 3.21. The number of aromatic nitrogens is 3. The van der Waals surface area contributed by atoms with E-state index in [4.69, 9.17) is 0 Å². The third-order valence-corrected chi connectivity index (χ3v) is 4.10. The normalized spacial score (nSPS) is 27.9. The molecular weight excluding hydrogens is 242 g/mol. The van der Waals surface area contributed by atoms with Crippen molar-refractivity contribution in [1.82, 2.24) is 15.0 Å². The molecule has 1 aromatic rings. The lowest BCUT2D eigenvalue weighted by molar-refractivity contribution is 0.432. The summed E-state index contributed by atoms with van der Waals surface area (Å²) in [5.41, 5.74) is 1.30. The van der Waals surface area contributed by atoms with E-state index in [0.717, 1.165) is 6.54 Å². The Bertz CT molecular complexity index is 297. The SMILES string of the molecule is CCn1nncc1C1CCCCC1Br. The molecule has 2 atom stereocenters. The second-order valence-electron chi connectivity index (χ2n) is 3.88. The second kappa shape index (κ2) is 4.43. The van der Waals surface area contributed by atoms with Crippen molar-refractivity contribution in [2.24, 2.45) is 0 Å². The minimum Gasteiger partial charge on any atom is -0.249 e. The molecule has 0 bridgehead atoms. The van der Waals surface area contributed by atoms with Gasteiger partial charge in [0.25, 0.3) is 0 Å². The van der Waals surface area contributed by atoms with Gasteiger partial charge in [-0.25, -0.2) is 4.68 Å². The Labute approximate surface area is 93.0 Å². The summed E-state index contributed by atoms with van der Waals surface area (Å²) in [6.07, 6.45) is 7.15. The highest BCUT2D eigenvalue weighted by molar-refractivity contribution is 9.09. The summed E-state index contributed by atoms with van der Waals surface area (Å²) in [6.45, 7) is 3.04. The topological polar surface area (TPSA) is 30.7 Å². The van der Waals surface area contributed by atoms with Gasteiger partial charge in [0.15, 0.2) is 0 Å². The van der Waals surface area contributed by atoms with Gasteiger partial charge in [0.1, 0.15) is 0 Å². The van der Waals surface area contributed by atoms with E-state index in [9.17, 15) is 0 Å². The maximum absolute atomic E-state index is 4.09. The number of hydrogen-bond donors (Lipinski definition) is 0. The van der Waals surface area contributed by atoms with Gasteiger partial charge < -0.3 is 0 Å². The van der Waals surface area contributed by atoms with Gasteiger partial charge in [0, 0.05) is 17.3 Å². The van der Waals surface area contributed by atoms with Crippen LogP contribution in [0, 0.1) is 0 Å². The first-order valence-electron chi connectivity index (χ1n) is 5.35. The van der Waals surface area contributed by atoms with E-state index in [2.05, 4.69) is 33.2 Å². The minimum atomic E-state index is 0.610. The Morgan fingerprint density at radius 2 is 2.29 bits per heavy atom. The van der Waals surface area contributed by atoms with Crippen LogP contribution in [0.1, 0.15) is 44.2 Å². The molecule has 1 fully saturated rings. The first-order valence-corrected chi connectivity index (χ1v) is 6.27. The molecule has 1 saturated carbocycles. The van der Waals surface area contributed by atoms with Crippen molar-refractivity contribution in [2.75, 3.05) is 0 Å². The molecule has 0 spiro atoms. The van der Waals surface area contributed by atoms with Gasteiger partial charge in [0.2, 0.25) is 0 Å². The standard InChI is InChI=1S/C10H16BrN3/c1-2-14-10(7-12-13-14)8-5-3-4-6-9(8)11/h7-9H,2-6H2,1H3. The van der Waals surface area contributed by atoms with Crippen molar-refractivity contribution in [1.29, 1.82) is 0 Å². The predicted octanol–water partition coefficient (Wildman–Crippen LogP) is 2.72.